The maximum atomic E-state index is 14.1. The molecule has 3 aliphatic heterocycles. The van der Waals surface area contributed by atoms with Crippen molar-refractivity contribution in [2.24, 2.45) is 17.8 Å². The van der Waals surface area contributed by atoms with Crippen LogP contribution >= 0.6 is 27.7 Å². The van der Waals surface area contributed by atoms with Crippen LogP contribution in [0.4, 0.5) is 5.69 Å². The summed E-state index contributed by atoms with van der Waals surface area (Å²) in [6, 6.07) is 4.60. The number of likely N-dealkylation sites (tertiary alicyclic amines) is 1. The molecule has 0 aromatic heterocycles. The van der Waals surface area contributed by atoms with Gasteiger partial charge in [0.15, 0.2) is 0 Å². The van der Waals surface area contributed by atoms with E-state index in [9.17, 15) is 19.5 Å². The van der Waals surface area contributed by atoms with Crippen molar-refractivity contribution in [3.8, 4) is 0 Å². The Morgan fingerprint density at radius 1 is 1.29 bits per heavy atom. The third-order valence-corrected chi connectivity index (χ3v) is 11.0. The second-order valence-electron chi connectivity index (χ2n) is 10.5. The SMILES string of the molecule is CCCNC(=O)[C@H]1[C@H]2C(=O)N([C@@H](CO)C(C)C)C(C(=O)Nc3cc(C)ccc3C)C23CC(Br)[C@@H]1S3. The van der Waals surface area contributed by atoms with Crippen LogP contribution in [-0.4, -0.2) is 67.8 Å². The van der Waals surface area contributed by atoms with Crippen LogP contribution in [0, 0.1) is 31.6 Å². The molecule has 9 heteroatoms. The summed E-state index contributed by atoms with van der Waals surface area (Å²) < 4.78 is -0.728. The Hall–Kier alpha value is -1.58. The fourth-order valence-corrected chi connectivity index (χ4v) is 9.68. The highest BCUT2D eigenvalue weighted by molar-refractivity contribution is 9.09. The third kappa shape index (κ3) is 4.31. The van der Waals surface area contributed by atoms with Gasteiger partial charge in [-0.1, -0.05) is 48.8 Å². The number of hydrogen-bond donors (Lipinski definition) is 3. The molecule has 0 aliphatic carbocycles. The molecule has 2 bridgehead atoms. The predicted molar refractivity (Wildman–Crippen MR) is 143 cm³/mol. The number of amides is 3. The van der Waals surface area contributed by atoms with Gasteiger partial charge in [0.2, 0.25) is 17.7 Å². The van der Waals surface area contributed by atoms with Crippen LogP contribution in [0.15, 0.2) is 18.2 Å². The number of benzene rings is 1. The lowest BCUT2D eigenvalue weighted by atomic mass is 9.70. The molecule has 3 saturated heterocycles. The molecule has 3 aliphatic rings. The van der Waals surface area contributed by atoms with Crippen LogP contribution in [0.1, 0.15) is 44.7 Å². The lowest BCUT2D eigenvalue weighted by Gasteiger charge is -2.38. The van der Waals surface area contributed by atoms with Crippen molar-refractivity contribution in [2.75, 3.05) is 18.5 Å². The standard InChI is InChI=1S/C26H36BrN3O4S/c1-6-9-28-23(32)19-20-25(34)30(18(12-31)13(2)3)22(26(20)11-16(27)21(19)35-26)24(33)29-17-10-14(4)7-8-15(17)5/h7-8,10,13,16,18-22,31H,6,9,11-12H2,1-5H3,(H,28,32)(H,29,33)/t16?,18-,19-,20-,21-,22?,26?/m0/s1. The topological polar surface area (TPSA) is 98.7 Å². The quantitative estimate of drug-likeness (QED) is 0.420. The van der Waals surface area contributed by atoms with E-state index < -0.39 is 28.7 Å². The average molecular weight is 567 g/mol. The summed E-state index contributed by atoms with van der Waals surface area (Å²) in [6.07, 6.45) is 1.43. The number of carbonyl (C=O) groups excluding carboxylic acids is 3. The Balaban J connectivity index is 1.78. The Bertz CT molecular complexity index is 1020. The lowest BCUT2D eigenvalue weighted by Crippen LogP contribution is -2.56. The van der Waals surface area contributed by atoms with Crippen LogP contribution in [-0.2, 0) is 14.4 Å². The molecule has 0 radical (unpaired) electrons. The largest absolute Gasteiger partial charge is 0.394 e. The number of thioether (sulfide) groups is 1. The summed E-state index contributed by atoms with van der Waals surface area (Å²) in [5.41, 5.74) is 2.69. The van der Waals surface area contributed by atoms with Crippen LogP contribution in [0.25, 0.3) is 0 Å². The molecule has 3 heterocycles. The van der Waals surface area contributed by atoms with E-state index in [1.54, 1.807) is 16.7 Å². The Morgan fingerprint density at radius 3 is 2.63 bits per heavy atom. The number of aryl methyl sites for hydroxylation is 2. The van der Waals surface area contributed by atoms with Crippen molar-refractivity contribution >= 4 is 51.1 Å². The van der Waals surface area contributed by atoms with E-state index in [0.29, 0.717) is 13.0 Å². The van der Waals surface area contributed by atoms with E-state index in [4.69, 9.17) is 0 Å². The van der Waals surface area contributed by atoms with E-state index in [-0.39, 0.29) is 40.3 Å². The number of rotatable bonds is 8. The maximum absolute atomic E-state index is 14.1. The predicted octanol–water partition coefficient (Wildman–Crippen LogP) is 3.25. The van der Waals surface area contributed by atoms with Gasteiger partial charge in [0.05, 0.1) is 29.2 Å². The van der Waals surface area contributed by atoms with Crippen LogP contribution in [0.5, 0.6) is 0 Å². The second-order valence-corrected chi connectivity index (χ2v) is 13.2. The first-order chi connectivity index (χ1) is 16.6. The first kappa shape index (κ1) is 26.5. The number of halogens is 1. The van der Waals surface area contributed by atoms with E-state index >= 15 is 0 Å². The first-order valence-electron chi connectivity index (χ1n) is 12.5. The summed E-state index contributed by atoms with van der Waals surface area (Å²) in [5, 5.41) is 16.3. The minimum absolute atomic E-state index is 0.0245. The minimum atomic E-state index is -0.779. The van der Waals surface area contributed by atoms with Gasteiger partial charge in [-0.05, 0) is 49.8 Å². The van der Waals surface area contributed by atoms with Gasteiger partial charge in [-0.25, -0.2) is 0 Å². The van der Waals surface area contributed by atoms with Crippen LogP contribution in [0.3, 0.4) is 0 Å². The monoisotopic (exact) mass is 565 g/mol. The van der Waals surface area contributed by atoms with Crippen LogP contribution < -0.4 is 10.6 Å². The highest BCUT2D eigenvalue weighted by Gasteiger charge is 2.76. The lowest BCUT2D eigenvalue weighted by molar-refractivity contribution is -0.142. The van der Waals surface area contributed by atoms with Crippen molar-refractivity contribution in [3.63, 3.8) is 0 Å². The Morgan fingerprint density at radius 2 is 2.00 bits per heavy atom. The van der Waals surface area contributed by atoms with Crippen molar-refractivity contribution in [1.29, 1.82) is 0 Å². The van der Waals surface area contributed by atoms with Crippen molar-refractivity contribution in [3.05, 3.63) is 29.3 Å². The number of hydrogen-bond acceptors (Lipinski definition) is 5. The smallest absolute Gasteiger partial charge is 0.248 e. The van der Waals surface area contributed by atoms with Gasteiger partial charge in [0.25, 0.3) is 0 Å². The van der Waals surface area contributed by atoms with E-state index in [2.05, 4.69) is 26.6 Å². The number of nitrogens with zero attached hydrogens (tertiary/aromatic N) is 1. The zero-order valence-corrected chi connectivity index (χ0v) is 23.4. The molecule has 0 saturated carbocycles. The molecule has 1 aromatic rings. The molecule has 3 unspecified atom stereocenters. The van der Waals surface area contributed by atoms with E-state index in [1.807, 2.05) is 52.8 Å². The van der Waals surface area contributed by atoms with Gasteiger partial charge in [-0.3, -0.25) is 14.4 Å². The minimum Gasteiger partial charge on any atom is -0.394 e. The molecule has 35 heavy (non-hydrogen) atoms. The maximum Gasteiger partial charge on any atom is 0.248 e. The van der Waals surface area contributed by atoms with Gasteiger partial charge >= 0.3 is 0 Å². The molecule has 3 N–H and O–H groups in total. The number of nitrogens with one attached hydrogen (secondary N) is 2. The van der Waals surface area contributed by atoms with Crippen molar-refractivity contribution in [1.82, 2.24) is 10.2 Å². The normalized spacial score (nSPS) is 32.2. The van der Waals surface area contributed by atoms with Crippen LogP contribution in [0.2, 0.25) is 0 Å². The Kier molecular flexibility index (Phi) is 7.61. The molecule has 4 rings (SSSR count). The number of carbonyl (C=O) groups is 3. The third-order valence-electron chi connectivity index (χ3n) is 7.79. The number of aliphatic hydroxyl groups is 1. The average Bonchev–Trinajstić information content (AvgIpc) is 3.39. The second kappa shape index (κ2) is 10.1. The van der Waals surface area contributed by atoms with Gasteiger partial charge in [0, 0.05) is 22.3 Å². The zero-order valence-electron chi connectivity index (χ0n) is 21.0. The number of alkyl halides is 1. The molecule has 1 spiro atoms. The molecule has 3 fully saturated rings. The van der Waals surface area contributed by atoms with Gasteiger partial charge in [-0.2, -0.15) is 0 Å². The summed E-state index contributed by atoms with van der Waals surface area (Å²) in [4.78, 5) is 43.1. The fourth-order valence-electron chi connectivity index (χ4n) is 6.08. The van der Waals surface area contributed by atoms with Gasteiger partial charge in [-0.15, -0.1) is 11.8 Å². The van der Waals surface area contributed by atoms with E-state index in [1.165, 1.54) is 0 Å². The zero-order chi connectivity index (χ0) is 25.7. The molecule has 192 valence electrons. The molecular weight excluding hydrogens is 530 g/mol. The molecule has 7 atom stereocenters. The first-order valence-corrected chi connectivity index (χ1v) is 14.3. The van der Waals surface area contributed by atoms with Gasteiger partial charge in [0.1, 0.15) is 6.04 Å². The highest BCUT2D eigenvalue weighted by Crippen LogP contribution is 2.68. The summed E-state index contributed by atoms with van der Waals surface area (Å²) in [5.74, 6) is -1.71. The van der Waals surface area contributed by atoms with Crippen molar-refractivity contribution < 1.29 is 19.5 Å². The van der Waals surface area contributed by atoms with E-state index in [0.717, 1.165) is 23.2 Å². The summed E-state index contributed by atoms with van der Waals surface area (Å²) in [7, 11) is 0. The molecule has 7 nitrogen and oxygen atoms in total. The van der Waals surface area contributed by atoms with Crippen molar-refractivity contribution in [2.45, 2.75) is 74.4 Å². The molecular formula is C26H36BrN3O4S. The Labute approximate surface area is 220 Å². The molecule has 3 amide bonds. The number of fused-ring (bicyclic) bond motifs is 1. The summed E-state index contributed by atoms with van der Waals surface area (Å²) in [6.45, 7) is 10.1. The molecule has 1 aromatic carbocycles. The highest BCUT2D eigenvalue weighted by atomic mass is 79.9. The number of aliphatic hydroxyl groups excluding tert-OH is 1. The summed E-state index contributed by atoms with van der Waals surface area (Å²) >= 11 is 5.40. The fraction of sp³-hybridized carbons (Fsp3) is 0.654. The van der Waals surface area contributed by atoms with Gasteiger partial charge < -0.3 is 20.6 Å². The number of anilines is 1.